The molecule has 0 N–H and O–H groups in total. The fourth-order valence-electron chi connectivity index (χ4n) is 2.42. The number of carbonyl (C=O) groups is 1. The Hall–Kier alpha value is -1.58. The molecule has 1 amide bonds. The molecule has 0 bridgehead atoms. The molecular weight excluding hydrogens is 240 g/mol. The Kier molecular flexibility index (Phi) is 5.19. The van der Waals surface area contributed by atoms with E-state index in [0.717, 1.165) is 30.8 Å². The predicted octanol–water partition coefficient (Wildman–Crippen LogP) is 2.77. The van der Waals surface area contributed by atoms with Crippen LogP contribution in [0.15, 0.2) is 18.3 Å². The van der Waals surface area contributed by atoms with Crippen LogP contribution in [-0.4, -0.2) is 29.4 Å². The fraction of sp³-hybridized carbons (Fsp3) is 0.600. The van der Waals surface area contributed by atoms with Gasteiger partial charge in [-0.2, -0.15) is 0 Å². The highest BCUT2D eigenvalue weighted by Gasteiger charge is 2.15. The summed E-state index contributed by atoms with van der Waals surface area (Å²) in [5.74, 6) is 1.05. The molecule has 1 aromatic rings. The molecule has 1 fully saturated rings. The molecule has 2 rings (SSSR count). The molecule has 2 heterocycles. The largest absolute Gasteiger partial charge is 0.497 e. The van der Waals surface area contributed by atoms with Crippen molar-refractivity contribution in [2.45, 2.75) is 45.1 Å². The van der Waals surface area contributed by atoms with Crippen molar-refractivity contribution in [2.24, 2.45) is 0 Å². The Morgan fingerprint density at radius 2 is 2.05 bits per heavy atom. The first-order valence-corrected chi connectivity index (χ1v) is 7.06. The van der Waals surface area contributed by atoms with Gasteiger partial charge in [0, 0.05) is 25.2 Å². The topological polar surface area (TPSA) is 42.4 Å². The standard InChI is InChI=1S/C15H22N2O2/c1-19-14-8-9-16-13(11-14)12-17-10-6-4-2-3-5-7-15(17)18/h8-9,11H,2-7,10,12H2,1H3. The number of nitrogens with zero attached hydrogens (tertiary/aromatic N) is 2. The van der Waals surface area contributed by atoms with E-state index < -0.39 is 0 Å². The first-order chi connectivity index (χ1) is 9.29. The molecule has 4 heteroatoms. The van der Waals surface area contributed by atoms with Crippen LogP contribution in [0, 0.1) is 0 Å². The third-order valence-electron chi connectivity index (χ3n) is 3.55. The summed E-state index contributed by atoms with van der Waals surface area (Å²) in [4.78, 5) is 18.4. The second-order valence-corrected chi connectivity index (χ2v) is 5.02. The quantitative estimate of drug-likeness (QED) is 0.841. The number of aromatic nitrogens is 1. The van der Waals surface area contributed by atoms with Crippen molar-refractivity contribution < 1.29 is 9.53 Å². The van der Waals surface area contributed by atoms with Crippen LogP contribution in [0.1, 0.15) is 44.2 Å². The molecule has 0 aromatic carbocycles. The van der Waals surface area contributed by atoms with Crippen molar-refractivity contribution >= 4 is 5.91 Å². The van der Waals surface area contributed by atoms with Crippen molar-refractivity contribution in [2.75, 3.05) is 13.7 Å². The molecule has 0 spiro atoms. The van der Waals surface area contributed by atoms with Gasteiger partial charge < -0.3 is 9.64 Å². The highest BCUT2D eigenvalue weighted by atomic mass is 16.5. The summed E-state index contributed by atoms with van der Waals surface area (Å²) in [5, 5.41) is 0. The van der Waals surface area contributed by atoms with Crippen molar-refractivity contribution in [1.82, 2.24) is 9.88 Å². The summed E-state index contributed by atoms with van der Waals surface area (Å²) < 4.78 is 5.19. The number of rotatable bonds is 3. The zero-order chi connectivity index (χ0) is 13.5. The van der Waals surface area contributed by atoms with Crippen LogP contribution < -0.4 is 4.74 Å². The first kappa shape index (κ1) is 13.8. The van der Waals surface area contributed by atoms with Crippen LogP contribution in [0.25, 0.3) is 0 Å². The number of methoxy groups -OCH3 is 1. The minimum atomic E-state index is 0.256. The average molecular weight is 262 g/mol. The molecular formula is C15H22N2O2. The second kappa shape index (κ2) is 7.12. The molecule has 1 aliphatic rings. The summed E-state index contributed by atoms with van der Waals surface area (Å²) in [6.07, 6.45) is 8.15. The number of hydrogen-bond acceptors (Lipinski definition) is 3. The number of carbonyl (C=O) groups excluding carboxylic acids is 1. The van der Waals surface area contributed by atoms with E-state index >= 15 is 0 Å². The van der Waals surface area contributed by atoms with E-state index in [-0.39, 0.29) is 5.91 Å². The Morgan fingerprint density at radius 3 is 2.89 bits per heavy atom. The van der Waals surface area contributed by atoms with E-state index in [1.807, 2.05) is 17.0 Å². The van der Waals surface area contributed by atoms with Crippen molar-refractivity contribution in [3.8, 4) is 5.75 Å². The molecule has 0 unspecified atom stereocenters. The van der Waals surface area contributed by atoms with E-state index in [9.17, 15) is 4.79 Å². The van der Waals surface area contributed by atoms with Gasteiger partial charge in [-0.15, -0.1) is 0 Å². The molecule has 1 saturated heterocycles. The van der Waals surface area contributed by atoms with E-state index in [2.05, 4.69) is 4.98 Å². The number of amides is 1. The van der Waals surface area contributed by atoms with Gasteiger partial charge in [-0.1, -0.05) is 19.3 Å². The third-order valence-corrected chi connectivity index (χ3v) is 3.55. The van der Waals surface area contributed by atoms with Gasteiger partial charge >= 0.3 is 0 Å². The van der Waals surface area contributed by atoms with E-state index in [0.29, 0.717) is 13.0 Å². The Morgan fingerprint density at radius 1 is 1.26 bits per heavy atom. The maximum absolute atomic E-state index is 12.1. The van der Waals surface area contributed by atoms with Gasteiger partial charge in [-0.3, -0.25) is 9.78 Å². The van der Waals surface area contributed by atoms with Crippen LogP contribution in [0.3, 0.4) is 0 Å². The van der Waals surface area contributed by atoms with Gasteiger partial charge in [0.05, 0.1) is 19.3 Å². The van der Waals surface area contributed by atoms with Crippen LogP contribution in [0.4, 0.5) is 0 Å². The number of pyridine rings is 1. The number of hydrogen-bond donors (Lipinski definition) is 0. The first-order valence-electron chi connectivity index (χ1n) is 7.06. The predicted molar refractivity (Wildman–Crippen MR) is 73.9 cm³/mol. The van der Waals surface area contributed by atoms with Gasteiger partial charge in [-0.25, -0.2) is 0 Å². The van der Waals surface area contributed by atoms with E-state index in [1.54, 1.807) is 13.3 Å². The Bertz CT molecular complexity index is 420. The summed E-state index contributed by atoms with van der Waals surface area (Å²) in [7, 11) is 1.64. The van der Waals surface area contributed by atoms with E-state index in [4.69, 9.17) is 4.74 Å². The van der Waals surface area contributed by atoms with E-state index in [1.165, 1.54) is 19.3 Å². The molecule has 1 aliphatic heterocycles. The highest BCUT2D eigenvalue weighted by Crippen LogP contribution is 2.16. The summed E-state index contributed by atoms with van der Waals surface area (Å²) >= 11 is 0. The average Bonchev–Trinajstić information content (AvgIpc) is 2.53. The van der Waals surface area contributed by atoms with Crippen molar-refractivity contribution in [3.05, 3.63) is 24.0 Å². The van der Waals surface area contributed by atoms with Crippen LogP contribution in [0.2, 0.25) is 0 Å². The maximum atomic E-state index is 12.1. The lowest BCUT2D eigenvalue weighted by Gasteiger charge is -2.21. The molecule has 19 heavy (non-hydrogen) atoms. The smallest absolute Gasteiger partial charge is 0.222 e. The molecule has 0 saturated carbocycles. The molecule has 0 radical (unpaired) electrons. The molecule has 1 aromatic heterocycles. The number of ether oxygens (including phenoxy) is 1. The SMILES string of the molecule is COc1ccnc(CN2CCCCCCCC2=O)c1. The second-order valence-electron chi connectivity index (χ2n) is 5.02. The monoisotopic (exact) mass is 262 g/mol. The highest BCUT2D eigenvalue weighted by molar-refractivity contribution is 5.76. The summed E-state index contributed by atoms with van der Waals surface area (Å²) in [5.41, 5.74) is 0.895. The van der Waals surface area contributed by atoms with Gasteiger partial charge in [-0.05, 0) is 18.9 Å². The fourth-order valence-corrected chi connectivity index (χ4v) is 2.42. The van der Waals surface area contributed by atoms with Crippen molar-refractivity contribution in [1.29, 1.82) is 0 Å². The Balaban J connectivity index is 2.02. The van der Waals surface area contributed by atoms with Gasteiger partial charge in [0.2, 0.25) is 5.91 Å². The minimum absolute atomic E-state index is 0.256. The van der Waals surface area contributed by atoms with Crippen LogP contribution in [0.5, 0.6) is 5.75 Å². The lowest BCUT2D eigenvalue weighted by Crippen LogP contribution is -2.31. The van der Waals surface area contributed by atoms with Crippen molar-refractivity contribution in [3.63, 3.8) is 0 Å². The maximum Gasteiger partial charge on any atom is 0.222 e. The third kappa shape index (κ3) is 4.23. The summed E-state index contributed by atoms with van der Waals surface area (Å²) in [6, 6.07) is 3.73. The zero-order valence-electron chi connectivity index (χ0n) is 11.6. The molecule has 104 valence electrons. The minimum Gasteiger partial charge on any atom is -0.497 e. The molecule has 4 nitrogen and oxygen atoms in total. The molecule has 0 aliphatic carbocycles. The lowest BCUT2D eigenvalue weighted by atomic mass is 10.1. The van der Waals surface area contributed by atoms with Gasteiger partial charge in [0.15, 0.2) is 0 Å². The molecule has 0 atom stereocenters. The lowest BCUT2D eigenvalue weighted by molar-refractivity contribution is -0.131. The Labute approximate surface area is 114 Å². The summed E-state index contributed by atoms with van der Waals surface area (Å²) in [6.45, 7) is 1.44. The van der Waals surface area contributed by atoms with Gasteiger partial charge in [0.1, 0.15) is 5.75 Å². The van der Waals surface area contributed by atoms with Gasteiger partial charge in [0.25, 0.3) is 0 Å². The normalized spacial score (nSPS) is 17.5. The zero-order valence-corrected chi connectivity index (χ0v) is 11.6. The van der Waals surface area contributed by atoms with Crippen LogP contribution >= 0.6 is 0 Å². The van der Waals surface area contributed by atoms with Crippen LogP contribution in [-0.2, 0) is 11.3 Å².